The van der Waals surface area contributed by atoms with Gasteiger partial charge in [-0.05, 0) is 78.7 Å². The molecule has 0 heterocycles. The van der Waals surface area contributed by atoms with Gasteiger partial charge in [0.15, 0.2) is 0 Å². The normalized spacial score (nSPS) is 30.0. The minimum Gasteiger partial charge on any atom is -0.381 e. The van der Waals surface area contributed by atoms with Gasteiger partial charge >= 0.3 is 0 Å². The van der Waals surface area contributed by atoms with Gasteiger partial charge in [-0.2, -0.15) is 0 Å². The molecular weight excluding hydrogens is 250 g/mol. The molecule has 2 saturated carbocycles. The van der Waals surface area contributed by atoms with Crippen molar-refractivity contribution in [3.05, 3.63) is 0 Å². The lowest BCUT2D eigenvalue weighted by atomic mass is 9.76. The van der Waals surface area contributed by atoms with Crippen LogP contribution in [-0.4, -0.2) is 37.0 Å². The Hall–Kier alpha value is -0.120. The van der Waals surface area contributed by atoms with Crippen LogP contribution >= 0.6 is 0 Å². The summed E-state index contributed by atoms with van der Waals surface area (Å²) in [5.41, 5.74) is 0.371. The van der Waals surface area contributed by atoms with Gasteiger partial charge in [-0.1, -0.05) is 0 Å². The molecule has 0 aromatic rings. The largest absolute Gasteiger partial charge is 0.381 e. The molecule has 0 amide bonds. The van der Waals surface area contributed by atoms with E-state index in [1.807, 2.05) is 7.11 Å². The molecule has 0 aromatic heterocycles. The van der Waals surface area contributed by atoms with Crippen LogP contribution in [-0.2, 0) is 9.47 Å². The van der Waals surface area contributed by atoms with Crippen LogP contribution in [0.5, 0.6) is 0 Å². The SMILES string of the molecule is COC1CCCC(OC2(CCNC(C)(C)C)CCC2)C1. The van der Waals surface area contributed by atoms with Gasteiger partial charge in [0.1, 0.15) is 0 Å². The zero-order valence-corrected chi connectivity index (χ0v) is 13.8. The first-order valence-corrected chi connectivity index (χ1v) is 8.38. The summed E-state index contributed by atoms with van der Waals surface area (Å²) < 4.78 is 12.1. The summed E-state index contributed by atoms with van der Waals surface area (Å²) in [4.78, 5) is 0. The Bertz CT molecular complexity index is 294. The molecule has 20 heavy (non-hydrogen) atoms. The number of nitrogens with one attached hydrogen (secondary N) is 1. The van der Waals surface area contributed by atoms with Crippen LogP contribution in [0, 0.1) is 0 Å². The maximum atomic E-state index is 6.54. The van der Waals surface area contributed by atoms with Gasteiger partial charge in [0.05, 0.1) is 17.8 Å². The van der Waals surface area contributed by atoms with Gasteiger partial charge in [0, 0.05) is 12.6 Å². The van der Waals surface area contributed by atoms with Crippen molar-refractivity contribution in [2.45, 2.75) is 95.5 Å². The number of ether oxygens (including phenoxy) is 2. The monoisotopic (exact) mass is 283 g/mol. The summed E-state index contributed by atoms with van der Waals surface area (Å²) in [6.07, 6.45) is 10.6. The minimum atomic E-state index is 0.165. The van der Waals surface area contributed by atoms with E-state index in [0.29, 0.717) is 12.2 Å². The van der Waals surface area contributed by atoms with Gasteiger partial charge in [0.25, 0.3) is 0 Å². The van der Waals surface area contributed by atoms with Crippen LogP contribution in [0.4, 0.5) is 0 Å². The summed E-state index contributed by atoms with van der Waals surface area (Å²) in [5, 5.41) is 3.60. The van der Waals surface area contributed by atoms with Gasteiger partial charge in [-0.3, -0.25) is 0 Å². The summed E-state index contributed by atoms with van der Waals surface area (Å²) in [7, 11) is 1.83. The van der Waals surface area contributed by atoms with Gasteiger partial charge in [-0.15, -0.1) is 0 Å². The van der Waals surface area contributed by atoms with Crippen molar-refractivity contribution in [1.29, 1.82) is 0 Å². The fraction of sp³-hybridized carbons (Fsp3) is 1.00. The molecule has 2 aliphatic carbocycles. The molecule has 0 aliphatic heterocycles. The fourth-order valence-electron chi connectivity index (χ4n) is 3.44. The van der Waals surface area contributed by atoms with Crippen molar-refractivity contribution in [2.75, 3.05) is 13.7 Å². The molecule has 3 nitrogen and oxygen atoms in total. The Morgan fingerprint density at radius 3 is 2.35 bits per heavy atom. The first-order chi connectivity index (χ1) is 9.42. The quantitative estimate of drug-likeness (QED) is 0.807. The highest BCUT2D eigenvalue weighted by Crippen LogP contribution is 2.41. The van der Waals surface area contributed by atoms with Crippen molar-refractivity contribution in [1.82, 2.24) is 5.32 Å². The maximum absolute atomic E-state index is 6.54. The molecule has 2 unspecified atom stereocenters. The molecule has 0 aromatic carbocycles. The zero-order valence-electron chi connectivity index (χ0n) is 13.8. The van der Waals surface area contributed by atoms with E-state index in [4.69, 9.17) is 9.47 Å². The summed E-state index contributed by atoms with van der Waals surface area (Å²) in [5.74, 6) is 0. The first-order valence-electron chi connectivity index (χ1n) is 8.38. The first kappa shape index (κ1) is 16.3. The highest BCUT2D eigenvalue weighted by atomic mass is 16.5. The Morgan fingerprint density at radius 1 is 1.10 bits per heavy atom. The molecule has 2 aliphatic rings. The lowest BCUT2D eigenvalue weighted by Crippen LogP contribution is -2.48. The number of methoxy groups -OCH3 is 1. The molecule has 1 N–H and O–H groups in total. The Kier molecular flexibility index (Phi) is 5.49. The second kappa shape index (κ2) is 6.76. The Balaban J connectivity index is 1.78. The molecule has 3 heteroatoms. The van der Waals surface area contributed by atoms with Crippen LogP contribution in [0.3, 0.4) is 0 Å². The molecule has 2 fully saturated rings. The van der Waals surface area contributed by atoms with Gasteiger partial charge in [0.2, 0.25) is 0 Å². The summed E-state index contributed by atoms with van der Waals surface area (Å²) in [6, 6.07) is 0. The number of hydrogen-bond acceptors (Lipinski definition) is 3. The minimum absolute atomic E-state index is 0.165. The lowest BCUT2D eigenvalue weighted by Gasteiger charge is -2.46. The molecule has 0 spiro atoms. The highest BCUT2D eigenvalue weighted by Gasteiger charge is 2.40. The lowest BCUT2D eigenvalue weighted by molar-refractivity contribution is -0.162. The predicted octanol–water partition coefficient (Wildman–Crippen LogP) is 3.66. The van der Waals surface area contributed by atoms with Crippen molar-refractivity contribution in [2.24, 2.45) is 0 Å². The number of hydrogen-bond donors (Lipinski definition) is 1. The van der Waals surface area contributed by atoms with Crippen LogP contribution in [0.25, 0.3) is 0 Å². The van der Waals surface area contributed by atoms with E-state index in [0.717, 1.165) is 19.4 Å². The Labute approximate surface area is 124 Å². The topological polar surface area (TPSA) is 30.5 Å². The van der Waals surface area contributed by atoms with Gasteiger partial charge < -0.3 is 14.8 Å². The van der Waals surface area contributed by atoms with E-state index in [-0.39, 0.29) is 11.1 Å². The highest BCUT2D eigenvalue weighted by molar-refractivity contribution is 4.93. The van der Waals surface area contributed by atoms with Crippen LogP contribution < -0.4 is 5.32 Å². The average Bonchev–Trinajstić information content (AvgIpc) is 2.34. The molecule has 0 radical (unpaired) electrons. The average molecular weight is 283 g/mol. The van der Waals surface area contributed by atoms with Crippen molar-refractivity contribution in [3.8, 4) is 0 Å². The van der Waals surface area contributed by atoms with Crippen molar-refractivity contribution in [3.63, 3.8) is 0 Å². The van der Waals surface area contributed by atoms with E-state index < -0.39 is 0 Å². The molecular formula is C17H33NO2. The van der Waals surface area contributed by atoms with Crippen LogP contribution in [0.1, 0.15) is 72.1 Å². The van der Waals surface area contributed by atoms with E-state index in [1.165, 1.54) is 38.5 Å². The van der Waals surface area contributed by atoms with E-state index in [2.05, 4.69) is 26.1 Å². The third-order valence-corrected chi connectivity index (χ3v) is 4.83. The van der Waals surface area contributed by atoms with E-state index >= 15 is 0 Å². The molecule has 0 bridgehead atoms. The Morgan fingerprint density at radius 2 is 1.80 bits per heavy atom. The predicted molar refractivity (Wildman–Crippen MR) is 83.1 cm³/mol. The standard InChI is InChI=1S/C17H33NO2/c1-16(2,3)18-12-11-17(9-6-10-17)20-15-8-5-7-14(13-15)19-4/h14-15,18H,5-13H2,1-4H3. The van der Waals surface area contributed by atoms with E-state index in [9.17, 15) is 0 Å². The summed E-state index contributed by atoms with van der Waals surface area (Å²) >= 11 is 0. The van der Waals surface area contributed by atoms with Crippen LogP contribution in [0.2, 0.25) is 0 Å². The van der Waals surface area contributed by atoms with Crippen molar-refractivity contribution >= 4 is 0 Å². The molecule has 2 atom stereocenters. The maximum Gasteiger partial charge on any atom is 0.0698 e. The third kappa shape index (κ3) is 4.71. The molecule has 2 rings (SSSR count). The third-order valence-electron chi connectivity index (χ3n) is 4.83. The van der Waals surface area contributed by atoms with Crippen LogP contribution in [0.15, 0.2) is 0 Å². The second-order valence-corrected chi connectivity index (χ2v) is 7.73. The molecule has 118 valence electrons. The van der Waals surface area contributed by atoms with Gasteiger partial charge in [-0.25, -0.2) is 0 Å². The van der Waals surface area contributed by atoms with Crippen molar-refractivity contribution < 1.29 is 9.47 Å². The molecule has 0 saturated heterocycles. The summed E-state index contributed by atoms with van der Waals surface area (Å²) in [6.45, 7) is 7.74. The zero-order chi connectivity index (χ0) is 14.6. The second-order valence-electron chi connectivity index (χ2n) is 7.73. The smallest absolute Gasteiger partial charge is 0.0698 e. The number of rotatable bonds is 6. The fourth-order valence-corrected chi connectivity index (χ4v) is 3.44. The van der Waals surface area contributed by atoms with E-state index in [1.54, 1.807) is 0 Å².